The Bertz CT molecular complexity index is 887. The SMILES string of the molecule is C=C/C1=C(\C=C)N(C(C)=O)Cc2ccccc2-c2c1nnn2C.CC.CC(C)C. The number of rotatable bonds is 2. The third-order valence-corrected chi connectivity index (χ3v) is 4.03. The number of aromatic nitrogens is 3. The summed E-state index contributed by atoms with van der Waals surface area (Å²) in [5, 5.41) is 8.46. The van der Waals surface area contributed by atoms with Crippen molar-refractivity contribution in [2.24, 2.45) is 13.0 Å². The Labute approximate surface area is 175 Å². The summed E-state index contributed by atoms with van der Waals surface area (Å²) in [5.41, 5.74) is 5.13. The van der Waals surface area contributed by atoms with Crippen molar-refractivity contribution in [2.45, 2.75) is 48.1 Å². The summed E-state index contributed by atoms with van der Waals surface area (Å²) in [5.74, 6) is 0.779. The lowest BCUT2D eigenvalue weighted by molar-refractivity contribution is -0.127. The van der Waals surface area contributed by atoms with Crippen molar-refractivity contribution in [3.63, 3.8) is 0 Å². The van der Waals surface area contributed by atoms with Crippen molar-refractivity contribution >= 4 is 11.5 Å². The summed E-state index contributed by atoms with van der Waals surface area (Å²) in [4.78, 5) is 13.9. The van der Waals surface area contributed by atoms with Crippen molar-refractivity contribution in [3.8, 4) is 11.3 Å². The summed E-state index contributed by atoms with van der Waals surface area (Å²) in [7, 11) is 1.86. The number of amides is 1. The van der Waals surface area contributed by atoms with Gasteiger partial charge in [-0.3, -0.25) is 4.79 Å². The molecule has 0 fully saturated rings. The number of benzene rings is 1. The molecule has 1 aliphatic heterocycles. The molecule has 3 rings (SSSR count). The van der Waals surface area contributed by atoms with Crippen LogP contribution in [0.5, 0.6) is 0 Å². The van der Waals surface area contributed by atoms with E-state index in [0.717, 1.165) is 28.3 Å². The van der Waals surface area contributed by atoms with Crippen LogP contribution in [0.4, 0.5) is 0 Å². The smallest absolute Gasteiger partial charge is 0.224 e. The van der Waals surface area contributed by atoms with Gasteiger partial charge in [0.2, 0.25) is 5.91 Å². The van der Waals surface area contributed by atoms with Crippen molar-refractivity contribution < 1.29 is 4.79 Å². The van der Waals surface area contributed by atoms with Gasteiger partial charge in [0.15, 0.2) is 0 Å². The maximum Gasteiger partial charge on any atom is 0.224 e. The lowest BCUT2D eigenvalue weighted by Crippen LogP contribution is -2.28. The van der Waals surface area contributed by atoms with E-state index in [9.17, 15) is 4.79 Å². The Morgan fingerprint density at radius 2 is 1.72 bits per heavy atom. The molecule has 0 aliphatic carbocycles. The minimum absolute atomic E-state index is 0.0543. The maximum absolute atomic E-state index is 12.2. The fourth-order valence-corrected chi connectivity index (χ4v) is 2.95. The molecule has 1 amide bonds. The van der Waals surface area contributed by atoms with Crippen molar-refractivity contribution in [1.29, 1.82) is 0 Å². The van der Waals surface area contributed by atoms with E-state index in [2.05, 4.69) is 44.2 Å². The second kappa shape index (κ2) is 11.1. The van der Waals surface area contributed by atoms with Crippen LogP contribution in [0.1, 0.15) is 52.8 Å². The number of hydrogen-bond acceptors (Lipinski definition) is 3. The predicted octanol–water partition coefficient (Wildman–Crippen LogP) is 5.62. The third-order valence-electron chi connectivity index (χ3n) is 4.03. The summed E-state index contributed by atoms with van der Waals surface area (Å²) < 4.78 is 1.75. The van der Waals surface area contributed by atoms with Gasteiger partial charge in [-0.15, -0.1) is 5.10 Å². The van der Waals surface area contributed by atoms with Gasteiger partial charge in [0, 0.05) is 25.1 Å². The second-order valence-electron chi connectivity index (χ2n) is 7.11. The van der Waals surface area contributed by atoms with Crippen LogP contribution in [0, 0.1) is 5.92 Å². The van der Waals surface area contributed by atoms with Crippen LogP contribution in [0.2, 0.25) is 0 Å². The molecule has 1 aliphatic rings. The highest BCUT2D eigenvalue weighted by Gasteiger charge is 2.26. The van der Waals surface area contributed by atoms with E-state index < -0.39 is 0 Å². The van der Waals surface area contributed by atoms with Crippen LogP contribution in [-0.4, -0.2) is 25.8 Å². The number of carbonyl (C=O) groups is 1. The second-order valence-corrected chi connectivity index (χ2v) is 7.11. The normalized spacial score (nSPS) is 14.8. The molecule has 5 heteroatoms. The van der Waals surface area contributed by atoms with Crippen molar-refractivity contribution in [1.82, 2.24) is 19.9 Å². The number of fused-ring (bicyclic) bond motifs is 3. The Morgan fingerprint density at radius 3 is 2.24 bits per heavy atom. The Morgan fingerprint density at radius 1 is 1.14 bits per heavy atom. The molecule has 1 aromatic carbocycles. The van der Waals surface area contributed by atoms with Gasteiger partial charge in [-0.1, -0.05) is 83.3 Å². The Hall–Kier alpha value is -2.95. The zero-order valence-electron chi connectivity index (χ0n) is 18.9. The minimum atomic E-state index is -0.0543. The zero-order chi connectivity index (χ0) is 22.1. The van der Waals surface area contributed by atoms with E-state index >= 15 is 0 Å². The Balaban J connectivity index is 0.000000627. The van der Waals surface area contributed by atoms with Gasteiger partial charge in [-0.05, 0) is 17.6 Å². The molecular formula is C24H34N4O. The molecular weight excluding hydrogens is 360 g/mol. The summed E-state index contributed by atoms with van der Waals surface area (Å²) in [6, 6.07) is 7.98. The number of carbonyl (C=O) groups excluding carboxylic acids is 1. The Kier molecular flexibility index (Phi) is 9.26. The molecule has 156 valence electrons. The van der Waals surface area contributed by atoms with Gasteiger partial charge in [-0.25, -0.2) is 4.68 Å². The molecule has 0 bridgehead atoms. The first-order valence-electron chi connectivity index (χ1n) is 10.1. The highest BCUT2D eigenvalue weighted by Crippen LogP contribution is 2.36. The monoisotopic (exact) mass is 394 g/mol. The fraction of sp³-hybridized carbons (Fsp3) is 0.375. The lowest BCUT2D eigenvalue weighted by Gasteiger charge is -2.27. The molecule has 5 nitrogen and oxygen atoms in total. The van der Waals surface area contributed by atoms with Crippen LogP contribution in [-0.2, 0) is 18.4 Å². The molecule has 2 aromatic rings. The predicted molar refractivity (Wildman–Crippen MR) is 122 cm³/mol. The van der Waals surface area contributed by atoms with Gasteiger partial charge < -0.3 is 4.90 Å². The van der Waals surface area contributed by atoms with Gasteiger partial charge >= 0.3 is 0 Å². The van der Waals surface area contributed by atoms with Crippen LogP contribution in [0.25, 0.3) is 16.8 Å². The molecule has 0 saturated heterocycles. The average molecular weight is 395 g/mol. The first kappa shape index (κ1) is 24.1. The van der Waals surface area contributed by atoms with Crippen LogP contribution >= 0.6 is 0 Å². The lowest BCUT2D eigenvalue weighted by atomic mass is 9.95. The maximum atomic E-state index is 12.2. The van der Waals surface area contributed by atoms with Crippen LogP contribution in [0.3, 0.4) is 0 Å². The minimum Gasteiger partial charge on any atom is -0.308 e. The van der Waals surface area contributed by atoms with Crippen molar-refractivity contribution in [2.75, 3.05) is 0 Å². The topological polar surface area (TPSA) is 51.0 Å². The quantitative estimate of drug-likeness (QED) is 0.664. The van der Waals surface area contributed by atoms with Gasteiger partial charge in [-0.2, -0.15) is 0 Å². The van der Waals surface area contributed by atoms with E-state index in [0.29, 0.717) is 17.9 Å². The highest BCUT2D eigenvalue weighted by molar-refractivity contribution is 5.89. The standard InChI is InChI=1S/C18H18N4O.C4H10.C2H6/c1-5-14-16(6-2)22(12(3)23)11-13-9-7-8-10-15(13)18-17(14)19-20-21(18)4;1-4(2)3;1-2/h5-10H,1-2,11H2,3-4H3;4H,1-3H3;1-2H3/b16-14-;;. The number of hydrogen-bond donors (Lipinski definition) is 0. The molecule has 2 heterocycles. The van der Waals surface area contributed by atoms with Gasteiger partial charge in [0.1, 0.15) is 5.69 Å². The third kappa shape index (κ3) is 5.53. The highest BCUT2D eigenvalue weighted by atomic mass is 16.2. The molecule has 0 atom stereocenters. The van der Waals surface area contributed by atoms with Gasteiger partial charge in [0.05, 0.1) is 17.9 Å². The molecule has 0 radical (unpaired) electrons. The first-order chi connectivity index (χ1) is 13.8. The van der Waals surface area contributed by atoms with E-state index in [-0.39, 0.29) is 5.91 Å². The van der Waals surface area contributed by atoms with E-state index in [4.69, 9.17) is 0 Å². The summed E-state index contributed by atoms with van der Waals surface area (Å²) in [6.07, 6.45) is 3.37. The first-order valence-corrected chi connectivity index (χ1v) is 10.1. The molecule has 0 spiro atoms. The van der Waals surface area contributed by atoms with Gasteiger partial charge in [0.25, 0.3) is 0 Å². The van der Waals surface area contributed by atoms with Crippen LogP contribution < -0.4 is 0 Å². The van der Waals surface area contributed by atoms with Crippen molar-refractivity contribution in [3.05, 3.63) is 66.5 Å². The molecule has 0 unspecified atom stereocenters. The summed E-state index contributed by atoms with van der Waals surface area (Å²) in [6.45, 7) is 20.3. The van der Waals surface area contributed by atoms with E-state index in [1.54, 1.807) is 28.7 Å². The molecule has 29 heavy (non-hydrogen) atoms. The van der Waals surface area contributed by atoms with E-state index in [1.165, 1.54) is 0 Å². The molecule has 0 N–H and O–H groups in total. The molecule has 0 saturated carbocycles. The summed E-state index contributed by atoms with van der Waals surface area (Å²) >= 11 is 0. The van der Waals surface area contributed by atoms with E-state index in [1.807, 2.05) is 45.2 Å². The fourth-order valence-electron chi connectivity index (χ4n) is 2.95. The largest absolute Gasteiger partial charge is 0.308 e. The zero-order valence-corrected chi connectivity index (χ0v) is 18.9. The van der Waals surface area contributed by atoms with Crippen LogP contribution in [0.15, 0.2) is 55.3 Å². The molecule has 1 aromatic heterocycles. The average Bonchev–Trinajstić information content (AvgIpc) is 3.05. The number of allylic oxidation sites excluding steroid dienone is 3. The number of aryl methyl sites for hydroxylation is 1. The number of nitrogens with zero attached hydrogens (tertiary/aromatic N) is 4.